The Hall–Kier alpha value is -11.2. The number of amides is 15. The number of carbonyl (C=O) groups excluding carboxylic acids is 15. The number of primary amides is 3. The highest BCUT2D eigenvalue weighted by atomic mass is 16.4. The van der Waals surface area contributed by atoms with E-state index in [4.69, 9.17) is 34.4 Å². The quantitative estimate of drug-likeness (QED) is 0.0168. The van der Waals surface area contributed by atoms with Crippen LogP contribution in [0.3, 0.4) is 0 Å². The van der Waals surface area contributed by atoms with Gasteiger partial charge in [-0.05, 0) is 112 Å². The van der Waals surface area contributed by atoms with Crippen molar-refractivity contribution >= 4 is 117 Å². The van der Waals surface area contributed by atoms with E-state index in [-0.39, 0.29) is 76.3 Å². The van der Waals surface area contributed by atoms with Crippen LogP contribution in [0.15, 0.2) is 40.4 Å². The molecule has 15 amide bonds. The second kappa shape index (κ2) is 50.6. The van der Waals surface area contributed by atoms with Crippen molar-refractivity contribution in [2.45, 2.75) is 232 Å². The molecule has 0 unspecified atom stereocenters. The first-order valence-electron chi connectivity index (χ1n) is 37.6. The summed E-state index contributed by atoms with van der Waals surface area (Å²) in [6.07, 6.45) is 0.991. The van der Waals surface area contributed by atoms with Gasteiger partial charge in [-0.3, -0.25) is 86.7 Å². The monoisotopic (exact) mass is 1580 g/mol. The van der Waals surface area contributed by atoms with Gasteiger partial charge in [0, 0.05) is 70.5 Å². The topological polar surface area (TPSA) is 658 Å². The predicted molar refractivity (Wildman–Crippen MR) is 416 cm³/mol. The molecular formula is C72H121N23O17. The number of unbranched alkanes of at least 4 members (excludes halogenated alkanes) is 2. The standard InChI is InChI=1S/C72H121N23O17/c1-12-40(8)59(70(112)91-50(32-37(2)3)66(108)87-45(60(76)102)25-27-53(74)97)95-64(106)48(23-16-18-31-82-72(79-10)80-11)88-63(105)47(24-19-29-73)86-55(99)36-84-61(103)52(34-54(75)98)92-69(111)58(39(6)7)93-65(107)49(26-28-56(100)101)89-68(110)57(38(4)5)94-67(109)51(33-42-35-83-44-21-14-13-20-43(42)44)90-62(104)46(85-41(9)96)22-15-17-30-81-71(77)78/h13-14,20-21,35,37-40,45-52,57-59,83H,12,15-19,22-34,36,73H2,1-11H3,(H2,74,97)(H2,75,98)(H2,76,102)(H,84,103)(H,85,96)(H,86,99)(H,87,108)(H,88,105)(H,89,110)(H,90,104)(H,91,112)(H,92,111)(H,93,107)(H,94,109)(H,95,106)(H,100,101)(H4,77,78,81)(H2,79,80,82)/t40-,45-,46-,47-,48-,49-,50-,51-,52-,57-,58-,59-/m0/s1. The molecule has 1 heterocycles. The van der Waals surface area contributed by atoms with Gasteiger partial charge in [0.15, 0.2) is 11.9 Å². The highest BCUT2D eigenvalue weighted by Gasteiger charge is 2.39. The number of hydrogen-bond acceptors (Lipinski definition) is 19. The lowest BCUT2D eigenvalue weighted by atomic mass is 9.96. The number of aromatic amines is 1. The molecule has 0 bridgehead atoms. The fraction of sp³-hybridized carbons (Fsp3) is 0.639. The number of carboxylic acids is 1. The van der Waals surface area contributed by atoms with Gasteiger partial charge in [0.2, 0.25) is 88.6 Å². The number of fused-ring (bicyclic) bond motifs is 1. The Balaban J connectivity index is 2.45. The third-order valence-electron chi connectivity index (χ3n) is 18.0. The average Bonchev–Trinajstić information content (AvgIpc) is 1.60. The summed E-state index contributed by atoms with van der Waals surface area (Å²) in [5.41, 5.74) is 34.4. The zero-order valence-electron chi connectivity index (χ0n) is 66.0. The number of benzene rings is 1. The Kier molecular flexibility index (Phi) is 43.7. The van der Waals surface area contributed by atoms with Crippen LogP contribution in [0.5, 0.6) is 0 Å². The number of para-hydroxylation sites is 1. The largest absolute Gasteiger partial charge is 0.481 e. The van der Waals surface area contributed by atoms with E-state index in [1.54, 1.807) is 86.1 Å². The molecule has 40 nitrogen and oxygen atoms in total. The fourth-order valence-electron chi connectivity index (χ4n) is 11.6. The van der Waals surface area contributed by atoms with Crippen LogP contribution in [-0.2, 0) is 83.1 Å². The summed E-state index contributed by atoms with van der Waals surface area (Å²) >= 11 is 0. The number of H-pyrrole nitrogens is 1. The molecule has 0 saturated carbocycles. The van der Waals surface area contributed by atoms with Crippen molar-refractivity contribution in [3.05, 3.63) is 36.0 Å². The number of nitrogens with one attached hydrogen (secondary N) is 15. The normalized spacial score (nSPS) is 14.5. The molecule has 0 saturated heterocycles. The lowest BCUT2D eigenvalue weighted by Gasteiger charge is -2.30. The summed E-state index contributed by atoms with van der Waals surface area (Å²) in [7, 11) is 3.22. The molecule has 112 heavy (non-hydrogen) atoms. The van der Waals surface area contributed by atoms with Gasteiger partial charge in [-0.1, -0.05) is 80.0 Å². The maximum atomic E-state index is 14.6. The van der Waals surface area contributed by atoms with E-state index in [2.05, 4.69) is 89.4 Å². The smallest absolute Gasteiger partial charge is 0.303 e. The van der Waals surface area contributed by atoms with Gasteiger partial charge in [-0.2, -0.15) is 0 Å². The molecule has 626 valence electrons. The molecular weight excluding hydrogens is 1460 g/mol. The third-order valence-corrected chi connectivity index (χ3v) is 18.0. The van der Waals surface area contributed by atoms with Gasteiger partial charge in [0.25, 0.3) is 0 Å². The number of aliphatic imine (C=N–C) groups is 2. The minimum Gasteiger partial charge on any atom is -0.481 e. The van der Waals surface area contributed by atoms with Crippen LogP contribution < -0.4 is 109 Å². The first-order valence-corrected chi connectivity index (χ1v) is 37.6. The Morgan fingerprint density at radius 2 is 0.991 bits per heavy atom. The minimum absolute atomic E-state index is 0.0222. The average molecular weight is 1580 g/mol. The van der Waals surface area contributed by atoms with Crippen LogP contribution in [0.25, 0.3) is 10.9 Å². The highest BCUT2D eigenvalue weighted by Crippen LogP contribution is 2.21. The van der Waals surface area contributed by atoms with Crippen molar-refractivity contribution < 1.29 is 81.8 Å². The van der Waals surface area contributed by atoms with Crippen molar-refractivity contribution in [2.75, 3.05) is 40.3 Å². The highest BCUT2D eigenvalue weighted by molar-refractivity contribution is 6.01. The van der Waals surface area contributed by atoms with E-state index in [0.29, 0.717) is 61.1 Å². The number of carboxylic acid groups (broad SMARTS) is 1. The van der Waals surface area contributed by atoms with Crippen molar-refractivity contribution in [1.82, 2.24) is 79.4 Å². The summed E-state index contributed by atoms with van der Waals surface area (Å²) in [6, 6.07) is -8.63. The maximum Gasteiger partial charge on any atom is 0.303 e. The zero-order valence-corrected chi connectivity index (χ0v) is 66.0. The summed E-state index contributed by atoms with van der Waals surface area (Å²) < 4.78 is 0. The van der Waals surface area contributed by atoms with E-state index in [9.17, 15) is 81.8 Å². The Morgan fingerprint density at radius 1 is 0.509 bits per heavy atom. The van der Waals surface area contributed by atoms with Crippen LogP contribution >= 0.6 is 0 Å². The SMILES string of the molecule is CC[C@H](C)[C@H](NC(=O)[C@H](CCCCNC(=NC)NC)NC(=O)[C@H](CCCN)NC(=O)CNC(=O)[C@H](CC(N)=O)NC(=O)[C@@H](NC(=O)[C@H](CCC(=O)O)NC(=O)[C@@H](NC(=O)[C@H](Cc1c[nH]c2ccccc12)NC(=O)[C@H](CCCCN=C(N)N)NC(C)=O)C(C)C)C(C)C)C(=O)N[C@@H](CC(C)C)C(=O)N[C@@H](CCC(N)=O)C(N)=O. The number of hydrogen-bond donors (Lipinski definition) is 22. The Labute approximate surface area is 652 Å². The van der Waals surface area contributed by atoms with Crippen LogP contribution in [0.4, 0.5) is 0 Å². The molecule has 0 aliphatic carbocycles. The maximum absolute atomic E-state index is 14.6. The van der Waals surface area contributed by atoms with E-state index < -0.39 is 205 Å². The zero-order chi connectivity index (χ0) is 84.5. The van der Waals surface area contributed by atoms with Gasteiger partial charge >= 0.3 is 5.97 Å². The molecule has 2 rings (SSSR count). The third kappa shape index (κ3) is 36.1. The van der Waals surface area contributed by atoms with Crippen LogP contribution in [0.1, 0.15) is 164 Å². The Morgan fingerprint density at radius 3 is 1.52 bits per heavy atom. The lowest BCUT2D eigenvalue weighted by Crippen LogP contribution is -2.61. The number of aliphatic carboxylic acids is 1. The number of aromatic nitrogens is 1. The minimum atomic E-state index is -1.82. The number of nitrogens with two attached hydrogens (primary N) is 6. The first-order chi connectivity index (χ1) is 52.8. The van der Waals surface area contributed by atoms with Gasteiger partial charge < -0.3 is 119 Å². The van der Waals surface area contributed by atoms with Crippen LogP contribution in [-0.4, -0.2) is 223 Å². The molecule has 0 spiro atoms. The Bertz CT molecular complexity index is 3580. The first kappa shape index (κ1) is 96.9. The molecule has 40 heteroatoms. The number of guanidine groups is 2. The van der Waals surface area contributed by atoms with Crippen molar-refractivity contribution in [2.24, 2.45) is 68.1 Å². The molecule has 1 aromatic heterocycles. The summed E-state index contributed by atoms with van der Waals surface area (Å²) in [4.78, 5) is 228. The van der Waals surface area contributed by atoms with Gasteiger partial charge in [-0.25, -0.2) is 0 Å². The molecule has 0 fully saturated rings. The molecule has 12 atom stereocenters. The van der Waals surface area contributed by atoms with E-state index >= 15 is 0 Å². The fourth-order valence-corrected chi connectivity index (χ4v) is 11.6. The molecule has 0 aliphatic heterocycles. The number of nitrogens with zero attached hydrogens (tertiary/aromatic N) is 2. The lowest BCUT2D eigenvalue weighted by molar-refractivity contribution is -0.139. The van der Waals surface area contributed by atoms with Crippen molar-refractivity contribution in [3.63, 3.8) is 0 Å². The van der Waals surface area contributed by atoms with Gasteiger partial charge in [0.1, 0.15) is 66.5 Å². The summed E-state index contributed by atoms with van der Waals surface area (Å²) in [6.45, 7) is 14.1. The van der Waals surface area contributed by atoms with Crippen molar-refractivity contribution in [1.29, 1.82) is 0 Å². The molecule has 0 radical (unpaired) electrons. The molecule has 28 N–H and O–H groups in total. The molecule has 0 aliphatic rings. The van der Waals surface area contributed by atoms with Crippen LogP contribution in [0, 0.1) is 23.7 Å². The molecule has 2 aromatic rings. The van der Waals surface area contributed by atoms with E-state index in [1.165, 1.54) is 20.8 Å². The van der Waals surface area contributed by atoms with E-state index in [1.807, 2.05) is 0 Å². The molecule has 1 aromatic carbocycles. The predicted octanol–water partition coefficient (Wildman–Crippen LogP) is -4.78. The second-order valence-corrected chi connectivity index (χ2v) is 28.5. The van der Waals surface area contributed by atoms with Crippen LogP contribution in [0.2, 0.25) is 0 Å². The van der Waals surface area contributed by atoms with Gasteiger partial charge in [-0.15, -0.1) is 0 Å². The number of rotatable bonds is 53. The van der Waals surface area contributed by atoms with E-state index in [0.717, 1.165) is 0 Å². The van der Waals surface area contributed by atoms with Crippen molar-refractivity contribution in [3.8, 4) is 0 Å². The summed E-state index contributed by atoms with van der Waals surface area (Å²) in [5.74, 6) is -16.9. The van der Waals surface area contributed by atoms with Gasteiger partial charge in [0.05, 0.1) is 13.0 Å². The summed E-state index contributed by atoms with van der Waals surface area (Å²) in [5, 5.41) is 47.2. The number of carbonyl (C=O) groups is 16. The second-order valence-electron chi connectivity index (χ2n) is 28.5.